The predicted molar refractivity (Wildman–Crippen MR) is 75.2 cm³/mol. The van der Waals surface area contributed by atoms with Gasteiger partial charge in [0.15, 0.2) is 0 Å². The van der Waals surface area contributed by atoms with E-state index in [1.807, 2.05) is 24.3 Å². The number of nitrogens with one attached hydrogen (secondary N) is 1. The summed E-state index contributed by atoms with van der Waals surface area (Å²) in [5.41, 5.74) is 6.30. The first-order valence-electron chi connectivity index (χ1n) is 6.59. The zero-order chi connectivity index (χ0) is 14.1. The van der Waals surface area contributed by atoms with Crippen molar-refractivity contribution in [2.45, 2.75) is 37.6 Å². The Hall–Kier alpha value is -1.55. The van der Waals surface area contributed by atoms with E-state index in [2.05, 4.69) is 19.2 Å². The number of benzene rings is 1. The molecule has 0 atom stereocenters. The molecule has 0 radical (unpaired) electrons. The molecule has 0 aliphatic heterocycles. The van der Waals surface area contributed by atoms with Crippen LogP contribution in [0, 0.1) is 0 Å². The molecule has 19 heavy (non-hydrogen) atoms. The third-order valence-electron chi connectivity index (χ3n) is 3.80. The summed E-state index contributed by atoms with van der Waals surface area (Å²) in [6, 6.07) is 7.93. The van der Waals surface area contributed by atoms with Crippen LogP contribution in [0.3, 0.4) is 0 Å². The summed E-state index contributed by atoms with van der Waals surface area (Å²) < 4.78 is 5.15. The lowest BCUT2D eigenvalue weighted by Crippen LogP contribution is -2.46. The average molecular weight is 262 g/mol. The minimum absolute atomic E-state index is 0.0333. The van der Waals surface area contributed by atoms with Crippen molar-refractivity contribution in [3.05, 3.63) is 29.8 Å². The van der Waals surface area contributed by atoms with Gasteiger partial charge in [-0.25, -0.2) is 0 Å². The van der Waals surface area contributed by atoms with E-state index in [4.69, 9.17) is 10.5 Å². The van der Waals surface area contributed by atoms with Gasteiger partial charge in [-0.3, -0.25) is 4.79 Å². The molecule has 1 aliphatic carbocycles. The van der Waals surface area contributed by atoms with Crippen LogP contribution in [-0.2, 0) is 10.2 Å². The lowest BCUT2D eigenvalue weighted by Gasteiger charge is -2.26. The van der Waals surface area contributed by atoms with Crippen LogP contribution in [0.5, 0.6) is 5.75 Å². The van der Waals surface area contributed by atoms with Gasteiger partial charge in [0.05, 0.1) is 12.6 Å². The number of carbonyl (C=O) groups is 1. The van der Waals surface area contributed by atoms with E-state index in [0.29, 0.717) is 6.54 Å². The van der Waals surface area contributed by atoms with Gasteiger partial charge in [-0.15, -0.1) is 0 Å². The van der Waals surface area contributed by atoms with Crippen molar-refractivity contribution >= 4 is 5.91 Å². The molecular weight excluding hydrogens is 240 g/mol. The number of ether oxygens (including phenoxy) is 1. The van der Waals surface area contributed by atoms with Crippen LogP contribution in [0.15, 0.2) is 24.3 Å². The van der Waals surface area contributed by atoms with Gasteiger partial charge in [-0.2, -0.15) is 0 Å². The zero-order valence-electron chi connectivity index (χ0n) is 11.8. The van der Waals surface area contributed by atoms with Crippen molar-refractivity contribution in [3.8, 4) is 5.75 Å². The summed E-state index contributed by atoms with van der Waals surface area (Å²) in [5, 5.41) is 2.96. The highest BCUT2D eigenvalue weighted by atomic mass is 16.5. The highest BCUT2D eigenvalue weighted by Gasteiger charge is 2.46. The first-order valence-corrected chi connectivity index (χ1v) is 6.59. The van der Waals surface area contributed by atoms with Crippen molar-refractivity contribution in [3.63, 3.8) is 0 Å². The Labute approximate surface area is 114 Å². The molecule has 0 heterocycles. The number of hydrogen-bond acceptors (Lipinski definition) is 3. The first kappa shape index (κ1) is 13.9. The van der Waals surface area contributed by atoms with Crippen LogP contribution < -0.4 is 15.8 Å². The molecule has 4 nitrogen and oxygen atoms in total. The van der Waals surface area contributed by atoms with E-state index < -0.39 is 5.54 Å². The zero-order valence-corrected chi connectivity index (χ0v) is 11.8. The Balaban J connectivity index is 1.98. The van der Waals surface area contributed by atoms with E-state index >= 15 is 0 Å². The highest BCUT2D eigenvalue weighted by molar-refractivity contribution is 5.89. The second-order valence-corrected chi connectivity index (χ2v) is 5.95. The van der Waals surface area contributed by atoms with Crippen LogP contribution in [-0.4, -0.2) is 25.1 Å². The number of rotatable bonds is 5. The van der Waals surface area contributed by atoms with Crippen molar-refractivity contribution in [1.29, 1.82) is 0 Å². The molecule has 1 saturated carbocycles. The summed E-state index contributed by atoms with van der Waals surface area (Å²) in [7, 11) is 1.65. The minimum Gasteiger partial charge on any atom is -0.497 e. The maximum atomic E-state index is 11.8. The van der Waals surface area contributed by atoms with E-state index in [-0.39, 0.29) is 11.3 Å². The number of hydrogen-bond donors (Lipinski definition) is 2. The van der Waals surface area contributed by atoms with Crippen molar-refractivity contribution < 1.29 is 9.53 Å². The molecule has 0 bridgehead atoms. The van der Waals surface area contributed by atoms with Gasteiger partial charge < -0.3 is 15.8 Å². The van der Waals surface area contributed by atoms with Crippen LogP contribution >= 0.6 is 0 Å². The summed E-state index contributed by atoms with van der Waals surface area (Å²) >= 11 is 0. The maximum Gasteiger partial charge on any atom is 0.240 e. The Morgan fingerprint density at radius 2 is 1.95 bits per heavy atom. The molecule has 104 valence electrons. The normalized spacial score (nSPS) is 16.8. The smallest absolute Gasteiger partial charge is 0.240 e. The molecule has 1 aromatic rings. The van der Waals surface area contributed by atoms with Crippen molar-refractivity contribution in [1.82, 2.24) is 5.32 Å². The highest BCUT2D eigenvalue weighted by Crippen LogP contribution is 2.32. The predicted octanol–water partition coefficient (Wildman–Crippen LogP) is 1.58. The SMILES string of the molecule is COc1ccc(C(C)(C)CNC(=O)C2(N)CC2)cc1. The number of nitrogens with two attached hydrogens (primary N) is 1. The molecule has 0 unspecified atom stereocenters. The van der Waals surface area contributed by atoms with Crippen LogP contribution in [0.4, 0.5) is 0 Å². The molecule has 3 N–H and O–H groups in total. The number of methoxy groups -OCH3 is 1. The molecule has 4 heteroatoms. The second-order valence-electron chi connectivity index (χ2n) is 5.95. The second kappa shape index (κ2) is 4.85. The van der Waals surface area contributed by atoms with Gasteiger partial charge in [0.25, 0.3) is 0 Å². The Morgan fingerprint density at radius 1 is 1.37 bits per heavy atom. The Morgan fingerprint density at radius 3 is 2.42 bits per heavy atom. The summed E-state index contributed by atoms with van der Waals surface area (Å²) in [5.74, 6) is 0.802. The summed E-state index contributed by atoms with van der Waals surface area (Å²) in [6.45, 7) is 4.79. The van der Waals surface area contributed by atoms with Gasteiger partial charge in [0, 0.05) is 12.0 Å². The van der Waals surface area contributed by atoms with Gasteiger partial charge >= 0.3 is 0 Å². The van der Waals surface area contributed by atoms with Crippen molar-refractivity contribution in [2.75, 3.05) is 13.7 Å². The quantitative estimate of drug-likeness (QED) is 0.846. The Bertz CT molecular complexity index is 462. The lowest BCUT2D eigenvalue weighted by molar-refractivity contribution is -0.123. The van der Waals surface area contributed by atoms with Crippen LogP contribution in [0.1, 0.15) is 32.3 Å². The fourth-order valence-electron chi connectivity index (χ4n) is 1.98. The monoisotopic (exact) mass is 262 g/mol. The Kier molecular flexibility index (Phi) is 3.54. The van der Waals surface area contributed by atoms with Crippen LogP contribution in [0.2, 0.25) is 0 Å². The average Bonchev–Trinajstić information content (AvgIpc) is 3.15. The largest absolute Gasteiger partial charge is 0.497 e. The van der Waals surface area contributed by atoms with Crippen molar-refractivity contribution in [2.24, 2.45) is 5.73 Å². The van der Waals surface area contributed by atoms with E-state index in [9.17, 15) is 4.79 Å². The molecular formula is C15H22N2O2. The van der Waals surface area contributed by atoms with Gasteiger partial charge in [0.2, 0.25) is 5.91 Å². The molecule has 2 rings (SSSR count). The fourth-order valence-corrected chi connectivity index (χ4v) is 1.98. The third-order valence-corrected chi connectivity index (χ3v) is 3.80. The van der Waals surface area contributed by atoms with E-state index in [1.54, 1.807) is 7.11 Å². The summed E-state index contributed by atoms with van der Waals surface area (Å²) in [4.78, 5) is 11.8. The maximum absolute atomic E-state index is 11.8. The molecule has 1 aromatic carbocycles. The topological polar surface area (TPSA) is 64.3 Å². The minimum atomic E-state index is -0.601. The third kappa shape index (κ3) is 3.07. The fraction of sp³-hybridized carbons (Fsp3) is 0.533. The number of carbonyl (C=O) groups excluding carboxylic acids is 1. The molecule has 1 fully saturated rings. The van der Waals surface area contributed by atoms with Gasteiger partial charge in [0.1, 0.15) is 5.75 Å². The van der Waals surface area contributed by atoms with E-state index in [1.165, 1.54) is 0 Å². The lowest BCUT2D eigenvalue weighted by atomic mass is 9.84. The molecule has 0 spiro atoms. The van der Waals surface area contributed by atoms with Gasteiger partial charge in [-0.1, -0.05) is 26.0 Å². The van der Waals surface area contributed by atoms with E-state index in [0.717, 1.165) is 24.2 Å². The molecule has 0 saturated heterocycles. The standard InChI is InChI=1S/C15H22N2O2/c1-14(2,10-17-13(18)15(16)8-9-15)11-4-6-12(19-3)7-5-11/h4-7H,8-10,16H2,1-3H3,(H,17,18). The molecule has 0 aromatic heterocycles. The number of amides is 1. The molecule has 1 amide bonds. The van der Waals surface area contributed by atoms with Crippen LogP contribution in [0.25, 0.3) is 0 Å². The first-order chi connectivity index (χ1) is 8.87. The summed E-state index contributed by atoms with van der Waals surface area (Å²) in [6.07, 6.45) is 1.59. The van der Waals surface area contributed by atoms with Gasteiger partial charge in [-0.05, 0) is 30.5 Å². The molecule has 1 aliphatic rings.